The normalized spacial score (nSPS) is 11.4. The van der Waals surface area contributed by atoms with Gasteiger partial charge < -0.3 is 14.3 Å². The zero-order valence-corrected chi connectivity index (χ0v) is 13.5. The number of sulfonamides is 1. The minimum absolute atomic E-state index is 0.000654. The number of carboxylic acid groups (broad SMARTS) is 1. The predicted octanol–water partition coefficient (Wildman–Crippen LogP) is 2.16. The average molecular weight is 339 g/mol. The molecule has 0 unspecified atom stereocenters. The molecule has 0 amide bonds. The number of ether oxygens (including phenoxy) is 1. The number of furan rings is 1. The third kappa shape index (κ3) is 3.91. The van der Waals surface area contributed by atoms with Crippen LogP contribution in [0.15, 0.2) is 39.8 Å². The highest BCUT2D eigenvalue weighted by molar-refractivity contribution is 7.89. The van der Waals surface area contributed by atoms with Gasteiger partial charge in [0.25, 0.3) is 10.0 Å². The largest absolute Gasteiger partial charge is 0.494 e. The molecule has 23 heavy (non-hydrogen) atoms. The molecule has 1 aromatic carbocycles. The summed E-state index contributed by atoms with van der Waals surface area (Å²) >= 11 is 0. The van der Waals surface area contributed by atoms with Crippen molar-refractivity contribution >= 4 is 16.0 Å². The van der Waals surface area contributed by atoms with E-state index in [9.17, 15) is 13.2 Å². The lowest BCUT2D eigenvalue weighted by Gasteiger charge is -2.10. The van der Waals surface area contributed by atoms with Crippen LogP contribution in [0.1, 0.15) is 28.6 Å². The van der Waals surface area contributed by atoms with Crippen molar-refractivity contribution in [1.29, 1.82) is 0 Å². The summed E-state index contributed by atoms with van der Waals surface area (Å²) in [6.45, 7) is 3.76. The molecule has 7 nitrogen and oxygen atoms in total. The van der Waals surface area contributed by atoms with Crippen LogP contribution < -0.4 is 9.46 Å². The number of benzene rings is 1. The zero-order chi connectivity index (χ0) is 17.0. The first-order valence-electron chi connectivity index (χ1n) is 6.89. The van der Waals surface area contributed by atoms with Crippen molar-refractivity contribution in [3.05, 3.63) is 47.2 Å². The molecule has 1 aromatic heterocycles. The Hall–Kier alpha value is -2.32. The molecule has 0 spiro atoms. The minimum Gasteiger partial charge on any atom is -0.494 e. The third-order valence-electron chi connectivity index (χ3n) is 3.08. The summed E-state index contributed by atoms with van der Waals surface area (Å²) < 4.78 is 37.2. The molecule has 2 rings (SSSR count). The molecular weight excluding hydrogens is 322 g/mol. The number of carboxylic acids is 1. The van der Waals surface area contributed by atoms with Gasteiger partial charge in [-0.1, -0.05) is 18.2 Å². The van der Waals surface area contributed by atoms with Crippen molar-refractivity contribution in [2.75, 3.05) is 6.61 Å². The van der Waals surface area contributed by atoms with Crippen LogP contribution in [0.5, 0.6) is 5.75 Å². The Balaban J connectivity index is 2.19. The first kappa shape index (κ1) is 17.0. The van der Waals surface area contributed by atoms with Gasteiger partial charge >= 0.3 is 5.97 Å². The second-order valence-electron chi connectivity index (χ2n) is 4.75. The smallest absolute Gasteiger partial charge is 0.372 e. The van der Waals surface area contributed by atoms with E-state index in [1.807, 2.05) is 6.92 Å². The molecule has 8 heteroatoms. The van der Waals surface area contributed by atoms with Crippen molar-refractivity contribution in [2.24, 2.45) is 0 Å². The lowest BCUT2D eigenvalue weighted by atomic mass is 10.2. The Morgan fingerprint density at radius 1 is 1.35 bits per heavy atom. The van der Waals surface area contributed by atoms with Gasteiger partial charge in [0.05, 0.1) is 6.61 Å². The maximum atomic E-state index is 12.2. The van der Waals surface area contributed by atoms with Gasteiger partial charge in [0.2, 0.25) is 10.9 Å². The number of rotatable bonds is 7. The van der Waals surface area contributed by atoms with Crippen molar-refractivity contribution < 1.29 is 27.5 Å². The fraction of sp³-hybridized carbons (Fsp3) is 0.267. The van der Waals surface area contributed by atoms with Gasteiger partial charge in [0.1, 0.15) is 5.75 Å². The second kappa shape index (κ2) is 6.84. The highest BCUT2D eigenvalue weighted by atomic mass is 32.2. The summed E-state index contributed by atoms with van der Waals surface area (Å²) in [5.41, 5.74) is 0.909. The molecule has 2 aromatic rings. The highest BCUT2D eigenvalue weighted by Crippen LogP contribution is 2.21. The van der Waals surface area contributed by atoms with Gasteiger partial charge in [-0.25, -0.2) is 17.9 Å². The molecule has 2 N–H and O–H groups in total. The molecule has 0 fully saturated rings. The molecule has 0 saturated carbocycles. The zero-order valence-electron chi connectivity index (χ0n) is 12.7. The summed E-state index contributed by atoms with van der Waals surface area (Å²) in [7, 11) is -3.96. The van der Waals surface area contributed by atoms with Crippen LogP contribution in [0.2, 0.25) is 0 Å². The SMILES string of the molecule is CCOc1ccccc1CNS(=O)(=O)c1cc(C)c(C(=O)O)o1. The van der Waals surface area contributed by atoms with E-state index in [1.54, 1.807) is 24.3 Å². The summed E-state index contributed by atoms with van der Waals surface area (Å²) in [5.74, 6) is -1.12. The lowest BCUT2D eigenvalue weighted by molar-refractivity contribution is 0.0655. The van der Waals surface area contributed by atoms with Crippen LogP contribution in [-0.4, -0.2) is 26.1 Å². The summed E-state index contributed by atoms with van der Waals surface area (Å²) in [6, 6.07) is 8.22. The number of hydrogen-bond donors (Lipinski definition) is 2. The summed E-state index contributed by atoms with van der Waals surface area (Å²) in [5, 5.41) is 8.49. The van der Waals surface area contributed by atoms with Crippen LogP contribution in [0.4, 0.5) is 0 Å². The Morgan fingerprint density at radius 3 is 2.65 bits per heavy atom. The van der Waals surface area contributed by atoms with E-state index in [0.717, 1.165) is 0 Å². The number of para-hydroxylation sites is 1. The number of aromatic carboxylic acids is 1. The first-order chi connectivity index (χ1) is 10.8. The summed E-state index contributed by atoms with van der Waals surface area (Å²) in [6.07, 6.45) is 0. The molecule has 124 valence electrons. The number of hydrogen-bond acceptors (Lipinski definition) is 5. The fourth-order valence-corrected chi connectivity index (χ4v) is 3.00. The van der Waals surface area contributed by atoms with Crippen molar-refractivity contribution in [2.45, 2.75) is 25.5 Å². The molecule has 0 saturated heterocycles. The minimum atomic E-state index is -3.96. The molecule has 0 aliphatic carbocycles. The van der Waals surface area contributed by atoms with Crippen molar-refractivity contribution in [3.63, 3.8) is 0 Å². The van der Waals surface area contributed by atoms with Gasteiger partial charge in [-0.2, -0.15) is 0 Å². The van der Waals surface area contributed by atoms with Crippen LogP contribution >= 0.6 is 0 Å². The van der Waals surface area contributed by atoms with Crippen LogP contribution in [0, 0.1) is 6.92 Å². The van der Waals surface area contributed by atoms with Gasteiger partial charge in [-0.15, -0.1) is 0 Å². The van der Waals surface area contributed by atoms with E-state index in [-0.39, 0.29) is 17.9 Å². The fourth-order valence-electron chi connectivity index (χ4n) is 1.99. The van der Waals surface area contributed by atoms with Crippen LogP contribution in [-0.2, 0) is 16.6 Å². The maximum Gasteiger partial charge on any atom is 0.372 e. The summed E-state index contributed by atoms with van der Waals surface area (Å²) in [4.78, 5) is 10.9. The van der Waals surface area contributed by atoms with E-state index in [4.69, 9.17) is 14.3 Å². The molecule has 0 aliphatic rings. The topological polar surface area (TPSA) is 106 Å². The highest BCUT2D eigenvalue weighted by Gasteiger charge is 2.23. The maximum absolute atomic E-state index is 12.2. The Bertz CT molecular complexity index is 809. The second-order valence-corrected chi connectivity index (χ2v) is 6.45. The van der Waals surface area contributed by atoms with Gasteiger partial charge in [-0.3, -0.25) is 0 Å². The lowest BCUT2D eigenvalue weighted by Crippen LogP contribution is -2.23. The average Bonchev–Trinajstić information content (AvgIpc) is 2.90. The molecular formula is C15H17NO6S. The monoisotopic (exact) mass is 339 g/mol. The van der Waals surface area contributed by atoms with Gasteiger partial charge in [0.15, 0.2) is 0 Å². The third-order valence-corrected chi connectivity index (χ3v) is 4.33. The molecule has 0 atom stereocenters. The number of aryl methyl sites for hydroxylation is 1. The molecule has 1 heterocycles. The van der Waals surface area contributed by atoms with E-state index >= 15 is 0 Å². The molecule has 0 radical (unpaired) electrons. The number of nitrogens with one attached hydrogen (secondary N) is 1. The Kier molecular flexibility index (Phi) is 5.07. The molecule has 0 aliphatic heterocycles. The van der Waals surface area contributed by atoms with E-state index < -0.39 is 21.1 Å². The standard InChI is InChI=1S/C15H17NO6S/c1-3-21-12-7-5-4-6-11(12)9-16-23(19,20)13-8-10(2)14(22-13)15(17)18/h4-8,16H,3,9H2,1-2H3,(H,17,18). The van der Waals surface area contributed by atoms with Gasteiger partial charge in [-0.05, 0) is 19.9 Å². The Labute approximate surface area is 133 Å². The van der Waals surface area contributed by atoms with Gasteiger partial charge in [0, 0.05) is 23.7 Å². The van der Waals surface area contributed by atoms with Crippen molar-refractivity contribution in [3.8, 4) is 5.75 Å². The van der Waals surface area contributed by atoms with E-state index in [2.05, 4.69) is 4.72 Å². The van der Waals surface area contributed by atoms with Crippen LogP contribution in [0.25, 0.3) is 0 Å². The number of carbonyl (C=O) groups is 1. The molecule has 0 bridgehead atoms. The predicted molar refractivity (Wildman–Crippen MR) is 82.0 cm³/mol. The Morgan fingerprint density at radius 2 is 2.04 bits per heavy atom. The van der Waals surface area contributed by atoms with Crippen molar-refractivity contribution in [1.82, 2.24) is 4.72 Å². The van der Waals surface area contributed by atoms with E-state index in [1.165, 1.54) is 13.0 Å². The van der Waals surface area contributed by atoms with E-state index in [0.29, 0.717) is 17.9 Å². The first-order valence-corrected chi connectivity index (χ1v) is 8.37. The van der Waals surface area contributed by atoms with Crippen LogP contribution in [0.3, 0.4) is 0 Å². The quantitative estimate of drug-likeness (QED) is 0.801.